The number of carbonyl (C=O) groups is 1. The normalized spacial score (nSPS) is 26.1. The Balaban J connectivity index is 1.50. The largest absolute Gasteiger partial charge is 0.331 e. The monoisotopic (exact) mass is 402 g/mol. The molecule has 5 heteroatoms. The molecular formula is C25H30N4O. The van der Waals surface area contributed by atoms with Crippen LogP contribution in [0.25, 0.3) is 0 Å². The van der Waals surface area contributed by atoms with Crippen molar-refractivity contribution in [1.82, 2.24) is 15.1 Å². The molecule has 0 radical (unpaired) electrons. The van der Waals surface area contributed by atoms with E-state index in [-0.39, 0.29) is 17.1 Å². The van der Waals surface area contributed by atoms with Crippen molar-refractivity contribution in [3.63, 3.8) is 0 Å². The van der Waals surface area contributed by atoms with Crippen LogP contribution in [0.1, 0.15) is 49.3 Å². The van der Waals surface area contributed by atoms with Crippen molar-refractivity contribution in [3.05, 3.63) is 71.3 Å². The van der Waals surface area contributed by atoms with Crippen LogP contribution in [0, 0.1) is 11.3 Å². The maximum Gasteiger partial charge on any atom is 0.318 e. The van der Waals surface area contributed by atoms with Gasteiger partial charge in [-0.15, -0.1) is 0 Å². The lowest BCUT2D eigenvalue weighted by Gasteiger charge is -2.49. The Morgan fingerprint density at radius 3 is 2.50 bits per heavy atom. The molecule has 1 spiro atoms. The summed E-state index contributed by atoms with van der Waals surface area (Å²) in [4.78, 5) is 17.1. The van der Waals surface area contributed by atoms with E-state index in [0.717, 1.165) is 44.3 Å². The number of rotatable bonds is 5. The van der Waals surface area contributed by atoms with Gasteiger partial charge in [0, 0.05) is 18.6 Å². The van der Waals surface area contributed by atoms with Gasteiger partial charge in [0.1, 0.15) is 0 Å². The molecule has 1 aliphatic heterocycles. The highest BCUT2D eigenvalue weighted by molar-refractivity contribution is 5.78. The number of nitrogens with one attached hydrogen (secondary N) is 1. The molecule has 2 amide bonds. The lowest BCUT2D eigenvalue weighted by atomic mass is 9.68. The van der Waals surface area contributed by atoms with Gasteiger partial charge in [-0.3, -0.25) is 4.90 Å². The van der Waals surface area contributed by atoms with E-state index in [9.17, 15) is 4.79 Å². The van der Waals surface area contributed by atoms with E-state index in [1.165, 1.54) is 5.56 Å². The average molecular weight is 403 g/mol. The Bertz CT molecular complexity index is 941. The lowest BCUT2D eigenvalue weighted by molar-refractivity contribution is 0.0461. The van der Waals surface area contributed by atoms with E-state index in [4.69, 9.17) is 5.26 Å². The molecule has 2 aliphatic rings. The predicted octanol–water partition coefficient (Wildman–Crippen LogP) is 4.24. The summed E-state index contributed by atoms with van der Waals surface area (Å²) in [7, 11) is 2.21. The third kappa shape index (κ3) is 3.68. The van der Waals surface area contributed by atoms with Gasteiger partial charge >= 0.3 is 6.03 Å². The van der Waals surface area contributed by atoms with E-state index in [2.05, 4.69) is 60.6 Å². The molecule has 1 heterocycles. The number of carbonyl (C=O) groups excluding carboxylic acids is 1. The van der Waals surface area contributed by atoms with E-state index >= 15 is 0 Å². The van der Waals surface area contributed by atoms with Gasteiger partial charge in [-0.2, -0.15) is 5.26 Å². The number of urea groups is 1. The molecule has 2 aromatic carbocycles. The zero-order valence-electron chi connectivity index (χ0n) is 17.9. The molecule has 30 heavy (non-hydrogen) atoms. The molecule has 0 atom stereocenters. The summed E-state index contributed by atoms with van der Waals surface area (Å²) in [5.41, 5.74) is 2.88. The summed E-state index contributed by atoms with van der Waals surface area (Å²) in [5, 5.41) is 12.5. The van der Waals surface area contributed by atoms with E-state index < -0.39 is 0 Å². The van der Waals surface area contributed by atoms with Gasteiger partial charge in [-0.1, -0.05) is 49.4 Å². The zero-order chi connectivity index (χ0) is 21.2. The smallest absolute Gasteiger partial charge is 0.318 e. The highest BCUT2D eigenvalue weighted by atomic mass is 16.2. The van der Waals surface area contributed by atoms with Crippen LogP contribution in [0.4, 0.5) is 4.79 Å². The summed E-state index contributed by atoms with van der Waals surface area (Å²) in [6, 6.07) is 20.5. The predicted molar refractivity (Wildman–Crippen MR) is 118 cm³/mol. The number of hydrogen-bond donors (Lipinski definition) is 1. The van der Waals surface area contributed by atoms with E-state index in [1.54, 1.807) is 6.07 Å². The summed E-state index contributed by atoms with van der Waals surface area (Å²) in [6.45, 7) is 4.48. The first-order valence-electron chi connectivity index (χ1n) is 10.8. The molecule has 0 unspecified atom stereocenters. The Hall–Kier alpha value is -2.84. The number of amides is 2. The molecule has 1 aliphatic carbocycles. The maximum absolute atomic E-state index is 12.8. The topological polar surface area (TPSA) is 59.4 Å². The fourth-order valence-electron chi connectivity index (χ4n) is 5.24. The van der Waals surface area contributed by atoms with E-state index in [0.29, 0.717) is 12.1 Å². The van der Waals surface area contributed by atoms with Crippen LogP contribution in [-0.4, -0.2) is 41.5 Å². The van der Waals surface area contributed by atoms with Gasteiger partial charge in [-0.05, 0) is 62.5 Å². The zero-order valence-corrected chi connectivity index (χ0v) is 17.9. The molecule has 1 saturated carbocycles. The second-order valence-electron chi connectivity index (χ2n) is 8.79. The Morgan fingerprint density at radius 1 is 1.10 bits per heavy atom. The van der Waals surface area contributed by atoms with Crippen molar-refractivity contribution in [2.45, 2.75) is 50.2 Å². The molecule has 0 aromatic heterocycles. The molecule has 5 nitrogen and oxygen atoms in total. The minimum absolute atomic E-state index is 0.00779. The Morgan fingerprint density at radius 2 is 1.83 bits per heavy atom. The third-order valence-electron chi connectivity index (χ3n) is 7.13. The van der Waals surface area contributed by atoms with E-state index in [1.807, 2.05) is 23.1 Å². The van der Waals surface area contributed by atoms with Crippen molar-refractivity contribution in [1.29, 1.82) is 5.26 Å². The molecule has 1 saturated heterocycles. The first-order chi connectivity index (χ1) is 14.5. The maximum atomic E-state index is 12.8. The van der Waals surface area contributed by atoms with Crippen LogP contribution < -0.4 is 5.32 Å². The number of benzene rings is 2. The van der Waals surface area contributed by atoms with Crippen LogP contribution in [0.3, 0.4) is 0 Å². The number of nitriles is 1. The first-order valence-corrected chi connectivity index (χ1v) is 10.8. The van der Waals surface area contributed by atoms with Crippen LogP contribution in [0.2, 0.25) is 0 Å². The second kappa shape index (κ2) is 8.12. The highest BCUT2D eigenvalue weighted by Gasteiger charge is 2.50. The third-order valence-corrected chi connectivity index (χ3v) is 7.13. The fourth-order valence-corrected chi connectivity index (χ4v) is 5.24. The summed E-state index contributed by atoms with van der Waals surface area (Å²) in [5.74, 6) is 0. The first kappa shape index (κ1) is 20.4. The van der Waals surface area contributed by atoms with Gasteiger partial charge in [0.2, 0.25) is 0 Å². The van der Waals surface area contributed by atoms with Gasteiger partial charge in [0.25, 0.3) is 0 Å². The molecule has 2 aromatic rings. The molecular weight excluding hydrogens is 372 g/mol. The van der Waals surface area contributed by atoms with Crippen molar-refractivity contribution < 1.29 is 4.79 Å². The van der Waals surface area contributed by atoms with Crippen molar-refractivity contribution in [2.24, 2.45) is 0 Å². The van der Waals surface area contributed by atoms with Crippen LogP contribution >= 0.6 is 0 Å². The number of hydrogen-bond acceptors (Lipinski definition) is 3. The Kier molecular flexibility index (Phi) is 5.53. The number of nitrogens with zero attached hydrogens (tertiary/aromatic N) is 3. The van der Waals surface area contributed by atoms with Gasteiger partial charge in [-0.25, -0.2) is 4.79 Å². The van der Waals surface area contributed by atoms with Crippen LogP contribution in [0.15, 0.2) is 54.6 Å². The summed E-state index contributed by atoms with van der Waals surface area (Å²) >= 11 is 0. The Labute approximate surface area is 179 Å². The summed E-state index contributed by atoms with van der Waals surface area (Å²) in [6.07, 6.45) is 3.98. The lowest BCUT2D eigenvalue weighted by Crippen LogP contribution is -2.54. The molecule has 4 rings (SSSR count). The second-order valence-corrected chi connectivity index (χ2v) is 8.79. The standard InChI is InChI=1S/C25H30N4O/c1-3-28(2)25(22-10-5-4-6-11-22)14-12-24(13-15-25)19-29(23(30)27-24)18-21-9-7-8-20(16-21)17-26/h4-11,16H,3,12-15,18-19H2,1-2H3,(H,27,30)/t24-,25-. The van der Waals surface area contributed by atoms with Crippen molar-refractivity contribution in [2.75, 3.05) is 20.1 Å². The minimum atomic E-state index is -0.156. The average Bonchev–Trinajstić information content (AvgIpc) is 3.09. The molecule has 156 valence electrons. The molecule has 1 N–H and O–H groups in total. The minimum Gasteiger partial charge on any atom is -0.331 e. The van der Waals surface area contributed by atoms with Crippen molar-refractivity contribution >= 4 is 6.03 Å². The molecule has 2 fully saturated rings. The quantitative estimate of drug-likeness (QED) is 0.814. The van der Waals surface area contributed by atoms with Crippen molar-refractivity contribution in [3.8, 4) is 6.07 Å². The highest BCUT2D eigenvalue weighted by Crippen LogP contribution is 2.46. The van der Waals surface area contributed by atoms with Crippen LogP contribution in [-0.2, 0) is 12.1 Å². The fraction of sp³-hybridized carbons (Fsp3) is 0.440. The van der Waals surface area contributed by atoms with Gasteiger partial charge in [0.05, 0.1) is 17.2 Å². The SMILES string of the molecule is CCN(C)[C@]1(c2ccccc2)CC[C@@]2(CC1)CN(Cc1cccc(C#N)c1)C(=O)N2. The molecule has 0 bridgehead atoms. The van der Waals surface area contributed by atoms with Crippen LogP contribution in [0.5, 0.6) is 0 Å². The van der Waals surface area contributed by atoms with Gasteiger partial charge < -0.3 is 10.2 Å². The summed E-state index contributed by atoms with van der Waals surface area (Å²) < 4.78 is 0. The van der Waals surface area contributed by atoms with Gasteiger partial charge in [0.15, 0.2) is 0 Å².